The molecule has 0 aliphatic heterocycles. The summed E-state index contributed by atoms with van der Waals surface area (Å²) in [5, 5.41) is 11.9. The van der Waals surface area contributed by atoms with Gasteiger partial charge in [-0.1, -0.05) is 28.1 Å². The molecule has 3 nitrogen and oxygen atoms in total. The zero-order valence-electron chi connectivity index (χ0n) is 9.95. The molecule has 0 saturated carbocycles. The average molecular weight is 300 g/mol. The average Bonchev–Trinajstić information content (AvgIpc) is 2.24. The molecular weight excluding hydrogens is 282 g/mol. The second kappa shape index (κ2) is 7.45. The smallest absolute Gasteiger partial charge is 0.224 e. The summed E-state index contributed by atoms with van der Waals surface area (Å²) in [6.07, 6.45) is 1.63. The number of nitrogens with one attached hydrogen (secondary N) is 1. The van der Waals surface area contributed by atoms with Crippen molar-refractivity contribution in [1.82, 2.24) is 5.32 Å². The number of hydrogen-bond donors (Lipinski definition) is 2. The minimum Gasteiger partial charge on any atom is -0.393 e. The van der Waals surface area contributed by atoms with Gasteiger partial charge in [-0.15, -0.1) is 0 Å². The lowest BCUT2D eigenvalue weighted by Gasteiger charge is -2.06. The molecule has 0 aliphatic rings. The van der Waals surface area contributed by atoms with Gasteiger partial charge in [-0.2, -0.15) is 0 Å². The number of hydrogen-bond acceptors (Lipinski definition) is 2. The van der Waals surface area contributed by atoms with E-state index in [0.717, 1.165) is 22.9 Å². The van der Waals surface area contributed by atoms with Crippen molar-refractivity contribution in [2.45, 2.75) is 32.3 Å². The number of halogens is 1. The number of rotatable bonds is 6. The van der Waals surface area contributed by atoms with Crippen molar-refractivity contribution in [3.8, 4) is 0 Å². The molecule has 0 radical (unpaired) electrons. The lowest BCUT2D eigenvalue weighted by molar-refractivity contribution is -0.120. The second-order valence-corrected chi connectivity index (χ2v) is 5.06. The fourth-order valence-electron chi connectivity index (χ4n) is 1.52. The summed E-state index contributed by atoms with van der Waals surface area (Å²) in [4.78, 5) is 11.6. The Hall–Kier alpha value is -0.870. The fourth-order valence-corrected chi connectivity index (χ4v) is 1.97. The standard InChI is InChI=1S/C13H18BrNO2/c1-10(16)4-3-7-15-13(17)9-11-5-2-6-12(14)8-11/h2,5-6,8,10,16H,3-4,7,9H2,1H3,(H,15,17). The molecule has 0 bridgehead atoms. The number of benzene rings is 1. The summed E-state index contributed by atoms with van der Waals surface area (Å²) < 4.78 is 0.983. The van der Waals surface area contributed by atoms with E-state index in [9.17, 15) is 4.79 Å². The van der Waals surface area contributed by atoms with Gasteiger partial charge in [0.2, 0.25) is 5.91 Å². The quantitative estimate of drug-likeness (QED) is 0.792. The lowest BCUT2D eigenvalue weighted by Crippen LogP contribution is -2.26. The van der Waals surface area contributed by atoms with Gasteiger partial charge in [-0.3, -0.25) is 4.79 Å². The molecule has 0 heterocycles. The van der Waals surface area contributed by atoms with Crippen LogP contribution in [0, 0.1) is 0 Å². The molecule has 1 rings (SSSR count). The third-order valence-corrected chi connectivity index (χ3v) is 2.87. The van der Waals surface area contributed by atoms with Crippen LogP contribution >= 0.6 is 15.9 Å². The van der Waals surface area contributed by atoms with E-state index in [1.165, 1.54) is 0 Å². The van der Waals surface area contributed by atoms with E-state index in [1.807, 2.05) is 24.3 Å². The summed E-state index contributed by atoms with van der Waals surface area (Å²) in [6.45, 7) is 2.38. The van der Waals surface area contributed by atoms with Crippen molar-refractivity contribution in [2.24, 2.45) is 0 Å². The maximum atomic E-state index is 11.6. The van der Waals surface area contributed by atoms with Gasteiger partial charge in [0.25, 0.3) is 0 Å². The van der Waals surface area contributed by atoms with Crippen molar-refractivity contribution in [2.75, 3.05) is 6.54 Å². The zero-order chi connectivity index (χ0) is 12.7. The van der Waals surface area contributed by atoms with Crippen molar-refractivity contribution in [3.63, 3.8) is 0 Å². The molecule has 0 spiro atoms. The Bertz CT molecular complexity index is 366. The largest absolute Gasteiger partial charge is 0.393 e. The van der Waals surface area contributed by atoms with Crippen LogP contribution in [-0.4, -0.2) is 23.7 Å². The van der Waals surface area contributed by atoms with Crippen LogP contribution in [0.4, 0.5) is 0 Å². The van der Waals surface area contributed by atoms with E-state index in [1.54, 1.807) is 6.92 Å². The van der Waals surface area contributed by atoms with Gasteiger partial charge < -0.3 is 10.4 Å². The first-order chi connectivity index (χ1) is 8.08. The minimum absolute atomic E-state index is 0.0219. The minimum atomic E-state index is -0.294. The van der Waals surface area contributed by atoms with Crippen LogP contribution in [0.1, 0.15) is 25.3 Å². The molecular formula is C13H18BrNO2. The zero-order valence-corrected chi connectivity index (χ0v) is 11.5. The van der Waals surface area contributed by atoms with Gasteiger partial charge >= 0.3 is 0 Å². The Kier molecular flexibility index (Phi) is 6.22. The highest BCUT2D eigenvalue weighted by Gasteiger charge is 2.03. The number of amides is 1. The molecule has 1 unspecified atom stereocenters. The van der Waals surface area contributed by atoms with E-state index in [0.29, 0.717) is 13.0 Å². The van der Waals surface area contributed by atoms with Crippen molar-refractivity contribution in [3.05, 3.63) is 34.3 Å². The summed E-state index contributed by atoms with van der Waals surface area (Å²) in [5.74, 6) is 0.0219. The van der Waals surface area contributed by atoms with Crippen LogP contribution in [0.3, 0.4) is 0 Å². The Morgan fingerprint density at radius 1 is 1.53 bits per heavy atom. The van der Waals surface area contributed by atoms with Crippen LogP contribution in [0.2, 0.25) is 0 Å². The van der Waals surface area contributed by atoms with E-state index < -0.39 is 0 Å². The summed E-state index contributed by atoms with van der Waals surface area (Å²) in [6, 6.07) is 7.72. The van der Waals surface area contributed by atoms with Crippen molar-refractivity contribution < 1.29 is 9.90 Å². The number of carbonyl (C=O) groups excluding carboxylic acids is 1. The molecule has 1 aromatic rings. The van der Waals surface area contributed by atoms with E-state index >= 15 is 0 Å². The molecule has 4 heteroatoms. The number of aliphatic hydroxyl groups is 1. The Morgan fingerprint density at radius 2 is 2.29 bits per heavy atom. The molecule has 94 valence electrons. The molecule has 2 N–H and O–H groups in total. The molecule has 0 aliphatic carbocycles. The van der Waals surface area contributed by atoms with Crippen LogP contribution in [0.15, 0.2) is 28.7 Å². The van der Waals surface area contributed by atoms with Crippen molar-refractivity contribution in [1.29, 1.82) is 0 Å². The predicted octanol–water partition coefficient (Wildman–Crippen LogP) is 2.27. The first-order valence-electron chi connectivity index (χ1n) is 5.77. The van der Waals surface area contributed by atoms with Crippen LogP contribution < -0.4 is 5.32 Å². The molecule has 0 fully saturated rings. The van der Waals surface area contributed by atoms with Gasteiger partial charge in [0.15, 0.2) is 0 Å². The first kappa shape index (κ1) is 14.2. The SMILES string of the molecule is CC(O)CCCNC(=O)Cc1cccc(Br)c1. The van der Waals surface area contributed by atoms with E-state index in [4.69, 9.17) is 5.11 Å². The molecule has 1 aromatic carbocycles. The maximum Gasteiger partial charge on any atom is 0.224 e. The maximum absolute atomic E-state index is 11.6. The summed E-state index contributed by atoms with van der Waals surface area (Å²) in [5.41, 5.74) is 0.993. The topological polar surface area (TPSA) is 49.3 Å². The Labute approximate surface area is 110 Å². The highest BCUT2D eigenvalue weighted by molar-refractivity contribution is 9.10. The fraction of sp³-hybridized carbons (Fsp3) is 0.462. The summed E-state index contributed by atoms with van der Waals surface area (Å²) in [7, 11) is 0. The van der Waals surface area contributed by atoms with E-state index in [-0.39, 0.29) is 12.0 Å². The molecule has 1 amide bonds. The van der Waals surface area contributed by atoms with Gasteiger partial charge in [-0.05, 0) is 37.5 Å². The Morgan fingerprint density at radius 3 is 2.94 bits per heavy atom. The number of carbonyl (C=O) groups is 1. The highest BCUT2D eigenvalue weighted by Crippen LogP contribution is 2.11. The molecule has 0 saturated heterocycles. The second-order valence-electron chi connectivity index (χ2n) is 4.15. The first-order valence-corrected chi connectivity index (χ1v) is 6.56. The monoisotopic (exact) mass is 299 g/mol. The third kappa shape index (κ3) is 6.44. The predicted molar refractivity (Wildman–Crippen MR) is 71.8 cm³/mol. The van der Waals surface area contributed by atoms with Gasteiger partial charge in [0, 0.05) is 11.0 Å². The Balaban J connectivity index is 2.25. The van der Waals surface area contributed by atoms with Gasteiger partial charge in [0.1, 0.15) is 0 Å². The van der Waals surface area contributed by atoms with Gasteiger partial charge in [0.05, 0.1) is 12.5 Å². The lowest BCUT2D eigenvalue weighted by atomic mass is 10.1. The molecule has 17 heavy (non-hydrogen) atoms. The van der Waals surface area contributed by atoms with Crippen LogP contribution in [0.25, 0.3) is 0 Å². The summed E-state index contributed by atoms with van der Waals surface area (Å²) >= 11 is 3.37. The highest BCUT2D eigenvalue weighted by atomic mass is 79.9. The number of aliphatic hydroxyl groups excluding tert-OH is 1. The third-order valence-electron chi connectivity index (χ3n) is 2.37. The normalized spacial score (nSPS) is 12.2. The molecule has 0 aromatic heterocycles. The molecule has 1 atom stereocenters. The van der Waals surface area contributed by atoms with E-state index in [2.05, 4.69) is 21.2 Å². The van der Waals surface area contributed by atoms with Crippen LogP contribution in [0.5, 0.6) is 0 Å². The van der Waals surface area contributed by atoms with Crippen LogP contribution in [-0.2, 0) is 11.2 Å². The van der Waals surface area contributed by atoms with Crippen molar-refractivity contribution >= 4 is 21.8 Å². The van der Waals surface area contributed by atoms with Gasteiger partial charge in [-0.25, -0.2) is 0 Å².